The van der Waals surface area contributed by atoms with E-state index in [4.69, 9.17) is 11.6 Å². The molecule has 2 aromatic carbocycles. The summed E-state index contributed by atoms with van der Waals surface area (Å²) in [5, 5.41) is 13.3. The van der Waals surface area contributed by atoms with E-state index in [0.29, 0.717) is 4.70 Å². The van der Waals surface area contributed by atoms with Crippen LogP contribution in [0.1, 0.15) is 10.4 Å². The highest BCUT2D eigenvalue weighted by Crippen LogP contribution is 2.29. The van der Waals surface area contributed by atoms with Gasteiger partial charge in [-0.3, -0.25) is 20.2 Å². The van der Waals surface area contributed by atoms with E-state index < -0.39 is 16.6 Å². The third kappa shape index (κ3) is 2.99. The molecule has 1 heterocycles. The third-order valence-electron chi connectivity index (χ3n) is 3.00. The lowest BCUT2D eigenvalue weighted by atomic mass is 10.2. The Bertz CT molecular complexity index is 944. The fraction of sp³-hybridized carbons (Fsp3) is 0. The summed E-state index contributed by atoms with van der Waals surface area (Å²) < 4.78 is 14.2. The Morgan fingerprint density at radius 1 is 1.35 bits per heavy atom. The lowest BCUT2D eigenvalue weighted by Crippen LogP contribution is -2.12. The molecule has 6 nitrogen and oxygen atoms in total. The molecule has 0 aliphatic rings. The van der Waals surface area contributed by atoms with Crippen LogP contribution in [0, 0.1) is 15.9 Å². The summed E-state index contributed by atoms with van der Waals surface area (Å²) in [5.41, 5.74) is 0.0215. The molecule has 0 atom stereocenters. The van der Waals surface area contributed by atoms with Gasteiger partial charge in [0.1, 0.15) is 11.3 Å². The number of halogens is 2. The van der Waals surface area contributed by atoms with Gasteiger partial charge in [-0.1, -0.05) is 29.0 Å². The zero-order valence-corrected chi connectivity index (χ0v) is 12.8. The quantitative estimate of drug-likeness (QED) is 0.564. The van der Waals surface area contributed by atoms with Crippen molar-refractivity contribution in [2.75, 3.05) is 5.32 Å². The van der Waals surface area contributed by atoms with E-state index in [2.05, 4.69) is 10.3 Å². The summed E-state index contributed by atoms with van der Waals surface area (Å²) >= 11 is 7.01. The number of anilines is 1. The van der Waals surface area contributed by atoms with Gasteiger partial charge in [0.2, 0.25) is 0 Å². The Kier molecular flexibility index (Phi) is 3.93. The van der Waals surface area contributed by atoms with Crippen molar-refractivity contribution < 1.29 is 14.1 Å². The number of nitrogens with one attached hydrogen (secondary N) is 1. The fourth-order valence-electron chi connectivity index (χ4n) is 1.93. The minimum atomic E-state index is -0.607. The zero-order valence-electron chi connectivity index (χ0n) is 11.2. The van der Waals surface area contributed by atoms with Crippen LogP contribution >= 0.6 is 22.9 Å². The number of nitrogens with zero attached hydrogens (tertiary/aromatic N) is 2. The molecule has 3 rings (SSSR count). The van der Waals surface area contributed by atoms with Crippen molar-refractivity contribution in [3.8, 4) is 0 Å². The van der Waals surface area contributed by atoms with Gasteiger partial charge >= 0.3 is 0 Å². The summed E-state index contributed by atoms with van der Waals surface area (Å²) in [5.74, 6) is -1.06. The van der Waals surface area contributed by atoms with Crippen LogP contribution in [0.2, 0.25) is 5.02 Å². The average molecular weight is 352 g/mol. The monoisotopic (exact) mass is 351 g/mol. The molecule has 23 heavy (non-hydrogen) atoms. The molecule has 0 fully saturated rings. The molecular weight excluding hydrogens is 345 g/mol. The van der Waals surface area contributed by atoms with E-state index in [-0.39, 0.29) is 26.9 Å². The first-order chi connectivity index (χ1) is 11.0. The number of hydrogen-bond donors (Lipinski definition) is 1. The van der Waals surface area contributed by atoms with Crippen LogP contribution in [0.3, 0.4) is 0 Å². The van der Waals surface area contributed by atoms with Gasteiger partial charge in [0.25, 0.3) is 11.6 Å². The van der Waals surface area contributed by atoms with Gasteiger partial charge in [-0.05, 0) is 18.2 Å². The number of non-ortho nitro benzene ring substituents is 1. The van der Waals surface area contributed by atoms with Gasteiger partial charge in [0.05, 0.1) is 20.2 Å². The zero-order chi connectivity index (χ0) is 16.6. The molecule has 1 N–H and O–H groups in total. The number of amides is 1. The van der Waals surface area contributed by atoms with E-state index in [1.165, 1.54) is 18.2 Å². The highest BCUT2D eigenvalue weighted by Gasteiger charge is 2.17. The van der Waals surface area contributed by atoms with E-state index in [1.807, 2.05) is 0 Å². The largest absolute Gasteiger partial charge is 0.298 e. The minimum absolute atomic E-state index is 0.0519. The number of carbonyl (C=O) groups is 1. The van der Waals surface area contributed by atoms with Crippen molar-refractivity contribution in [3.63, 3.8) is 0 Å². The van der Waals surface area contributed by atoms with Crippen molar-refractivity contribution in [2.24, 2.45) is 0 Å². The van der Waals surface area contributed by atoms with Crippen LogP contribution in [0.5, 0.6) is 0 Å². The standard InChI is InChI=1S/C14H7ClFN3O3S/c15-9-6-7(19(21)22)4-5-8(9)13(20)18-14-17-12-10(16)2-1-3-11(12)23-14/h1-6H,(H,17,18,20). The molecule has 116 valence electrons. The maximum absolute atomic E-state index is 13.6. The van der Waals surface area contributed by atoms with Gasteiger partial charge in [0.15, 0.2) is 5.13 Å². The second kappa shape index (κ2) is 5.90. The lowest BCUT2D eigenvalue weighted by Gasteiger charge is -2.03. The van der Waals surface area contributed by atoms with Crippen LogP contribution in [-0.2, 0) is 0 Å². The highest BCUT2D eigenvalue weighted by molar-refractivity contribution is 7.22. The lowest BCUT2D eigenvalue weighted by molar-refractivity contribution is -0.384. The predicted octanol–water partition coefficient (Wildman–Crippen LogP) is 4.25. The van der Waals surface area contributed by atoms with Crippen LogP contribution in [0.4, 0.5) is 15.2 Å². The molecule has 0 spiro atoms. The van der Waals surface area contributed by atoms with Gasteiger partial charge in [-0.15, -0.1) is 0 Å². The van der Waals surface area contributed by atoms with Gasteiger partial charge < -0.3 is 0 Å². The molecule has 0 radical (unpaired) electrons. The van der Waals surface area contributed by atoms with Crippen molar-refractivity contribution >= 4 is 49.9 Å². The third-order valence-corrected chi connectivity index (χ3v) is 4.25. The predicted molar refractivity (Wildman–Crippen MR) is 85.6 cm³/mol. The SMILES string of the molecule is O=C(Nc1nc2c(F)cccc2s1)c1ccc([N+](=O)[O-])cc1Cl. The number of nitro benzene ring substituents is 1. The fourth-order valence-corrected chi connectivity index (χ4v) is 3.07. The summed E-state index contributed by atoms with van der Waals surface area (Å²) in [6, 6.07) is 8.04. The van der Waals surface area contributed by atoms with E-state index in [0.717, 1.165) is 17.4 Å². The van der Waals surface area contributed by atoms with Crippen molar-refractivity contribution in [2.45, 2.75) is 0 Å². The van der Waals surface area contributed by atoms with Crippen molar-refractivity contribution in [1.82, 2.24) is 4.98 Å². The van der Waals surface area contributed by atoms with E-state index >= 15 is 0 Å². The number of aromatic nitrogens is 1. The molecular formula is C14H7ClFN3O3S. The maximum Gasteiger partial charge on any atom is 0.270 e. The Labute approximate surface area is 137 Å². The first kappa shape index (κ1) is 15.3. The van der Waals surface area contributed by atoms with E-state index in [9.17, 15) is 19.3 Å². The number of benzene rings is 2. The summed E-state index contributed by atoms with van der Waals surface area (Å²) in [6.45, 7) is 0. The second-order valence-corrected chi connectivity index (χ2v) is 5.92. The Hall–Kier alpha value is -2.58. The topological polar surface area (TPSA) is 85.1 Å². The molecule has 0 saturated carbocycles. The number of rotatable bonds is 3. The molecule has 0 saturated heterocycles. The van der Waals surface area contributed by atoms with E-state index in [1.54, 1.807) is 12.1 Å². The Morgan fingerprint density at radius 2 is 2.13 bits per heavy atom. The molecule has 9 heteroatoms. The molecule has 0 unspecified atom stereocenters. The molecule has 0 aliphatic carbocycles. The molecule has 1 aromatic heterocycles. The second-order valence-electron chi connectivity index (χ2n) is 4.48. The van der Waals surface area contributed by atoms with Crippen molar-refractivity contribution in [1.29, 1.82) is 0 Å². The van der Waals surface area contributed by atoms with Crippen molar-refractivity contribution in [3.05, 3.63) is 62.9 Å². The first-order valence-electron chi connectivity index (χ1n) is 6.26. The molecule has 3 aromatic rings. The van der Waals surface area contributed by atoms with Gasteiger partial charge in [0, 0.05) is 12.1 Å². The highest BCUT2D eigenvalue weighted by atomic mass is 35.5. The Morgan fingerprint density at radius 3 is 2.78 bits per heavy atom. The summed E-state index contributed by atoms with van der Waals surface area (Å²) in [4.78, 5) is 26.3. The minimum Gasteiger partial charge on any atom is -0.298 e. The number of fused-ring (bicyclic) bond motifs is 1. The number of nitro groups is 1. The normalized spacial score (nSPS) is 10.7. The maximum atomic E-state index is 13.6. The Balaban J connectivity index is 1.88. The summed E-state index contributed by atoms with van der Waals surface area (Å²) in [7, 11) is 0. The molecule has 1 amide bonds. The molecule has 0 aliphatic heterocycles. The van der Waals surface area contributed by atoms with Crippen LogP contribution in [0.25, 0.3) is 10.2 Å². The van der Waals surface area contributed by atoms with Crippen LogP contribution < -0.4 is 5.32 Å². The van der Waals surface area contributed by atoms with Crippen LogP contribution in [0.15, 0.2) is 36.4 Å². The number of carbonyl (C=O) groups excluding carboxylic acids is 1. The van der Waals surface area contributed by atoms with Gasteiger partial charge in [-0.25, -0.2) is 9.37 Å². The van der Waals surface area contributed by atoms with Crippen LogP contribution in [-0.4, -0.2) is 15.8 Å². The summed E-state index contributed by atoms with van der Waals surface area (Å²) in [6.07, 6.45) is 0. The average Bonchev–Trinajstić information content (AvgIpc) is 2.90. The smallest absolute Gasteiger partial charge is 0.270 e. The molecule has 0 bridgehead atoms. The van der Waals surface area contributed by atoms with Gasteiger partial charge in [-0.2, -0.15) is 0 Å². The number of thiazole rings is 1. The number of hydrogen-bond acceptors (Lipinski definition) is 5. The number of para-hydroxylation sites is 1. The first-order valence-corrected chi connectivity index (χ1v) is 7.45.